The standard InChI is InChI=1S/C26H30N4O3S2/c1-19-5-3-11-29(16-19)35(31,32)23-9-10-25-24(14-23)28-26(30(25)17-22-8-4-12-33-22)34-18-21-7-2-6-20(13-21)15-27/h2,6-7,9-10,13-14,19,22H,3-5,8,11-12,16-18H2,1H3/t19-,22+/m0/s1. The molecule has 2 saturated heterocycles. The van der Waals surface area contributed by atoms with Gasteiger partial charge in [-0.3, -0.25) is 0 Å². The van der Waals surface area contributed by atoms with Crippen molar-refractivity contribution in [1.29, 1.82) is 5.26 Å². The van der Waals surface area contributed by atoms with Crippen LogP contribution in [0.3, 0.4) is 0 Å². The van der Waals surface area contributed by atoms with Crippen molar-refractivity contribution in [2.24, 2.45) is 5.92 Å². The number of benzene rings is 2. The molecule has 3 heterocycles. The fraction of sp³-hybridized carbons (Fsp3) is 0.462. The molecule has 184 valence electrons. The van der Waals surface area contributed by atoms with Crippen molar-refractivity contribution in [2.75, 3.05) is 19.7 Å². The molecule has 3 aromatic rings. The Hall–Kier alpha value is -2.38. The zero-order valence-electron chi connectivity index (χ0n) is 19.9. The van der Waals surface area contributed by atoms with E-state index in [0.29, 0.717) is 47.3 Å². The minimum atomic E-state index is -3.55. The smallest absolute Gasteiger partial charge is 0.243 e. The van der Waals surface area contributed by atoms with Gasteiger partial charge in [-0.05, 0) is 67.5 Å². The minimum absolute atomic E-state index is 0.131. The number of hydrogen-bond acceptors (Lipinski definition) is 6. The molecule has 0 N–H and O–H groups in total. The largest absolute Gasteiger partial charge is 0.376 e. The predicted octanol–water partition coefficient (Wildman–Crippen LogP) is 4.80. The van der Waals surface area contributed by atoms with E-state index in [4.69, 9.17) is 9.72 Å². The number of thioether (sulfide) groups is 1. The van der Waals surface area contributed by atoms with Gasteiger partial charge in [-0.25, -0.2) is 13.4 Å². The zero-order valence-corrected chi connectivity index (χ0v) is 21.5. The van der Waals surface area contributed by atoms with Crippen LogP contribution in [0.2, 0.25) is 0 Å². The first-order valence-electron chi connectivity index (χ1n) is 12.2. The Labute approximate surface area is 211 Å². The van der Waals surface area contributed by atoms with Gasteiger partial charge in [0.1, 0.15) is 0 Å². The highest BCUT2D eigenvalue weighted by atomic mass is 32.2. The molecule has 2 aliphatic rings. The van der Waals surface area contributed by atoms with Crippen LogP contribution in [0.15, 0.2) is 52.5 Å². The van der Waals surface area contributed by atoms with Gasteiger partial charge in [-0.1, -0.05) is 30.8 Å². The number of rotatable bonds is 7. The van der Waals surface area contributed by atoms with Gasteiger partial charge in [-0.2, -0.15) is 9.57 Å². The Bertz CT molecular complexity index is 1360. The number of imidazole rings is 1. The van der Waals surface area contributed by atoms with Crippen molar-refractivity contribution in [2.45, 2.75) is 61.1 Å². The number of piperidine rings is 1. The molecular weight excluding hydrogens is 480 g/mol. The van der Waals surface area contributed by atoms with Gasteiger partial charge in [0.15, 0.2) is 5.16 Å². The molecule has 2 aliphatic heterocycles. The highest BCUT2D eigenvalue weighted by Gasteiger charge is 2.29. The van der Waals surface area contributed by atoms with E-state index in [-0.39, 0.29) is 6.10 Å². The molecule has 2 aromatic carbocycles. The maximum Gasteiger partial charge on any atom is 0.243 e. The number of fused-ring (bicyclic) bond motifs is 1. The molecule has 5 rings (SSSR count). The van der Waals surface area contributed by atoms with Crippen LogP contribution in [0.5, 0.6) is 0 Å². The summed E-state index contributed by atoms with van der Waals surface area (Å²) in [5, 5.41) is 10.0. The summed E-state index contributed by atoms with van der Waals surface area (Å²) >= 11 is 1.60. The van der Waals surface area contributed by atoms with Crippen molar-refractivity contribution >= 4 is 32.8 Å². The van der Waals surface area contributed by atoms with E-state index < -0.39 is 10.0 Å². The second kappa shape index (κ2) is 10.3. The van der Waals surface area contributed by atoms with Gasteiger partial charge in [0, 0.05) is 25.4 Å². The molecule has 0 saturated carbocycles. The quantitative estimate of drug-likeness (QED) is 0.424. The van der Waals surface area contributed by atoms with Crippen molar-refractivity contribution in [3.8, 4) is 6.07 Å². The summed E-state index contributed by atoms with van der Waals surface area (Å²) in [5.74, 6) is 1.04. The SMILES string of the molecule is C[C@H]1CCCN(S(=O)(=O)c2ccc3c(c2)nc(SCc2cccc(C#N)c2)n3C[C@H]2CCCO2)C1. The lowest BCUT2D eigenvalue weighted by molar-refractivity contribution is 0.0960. The highest BCUT2D eigenvalue weighted by molar-refractivity contribution is 7.98. The first kappa shape index (κ1) is 24.3. The normalized spacial score (nSPS) is 21.4. The van der Waals surface area contributed by atoms with E-state index in [1.807, 2.05) is 24.3 Å². The topological polar surface area (TPSA) is 88.2 Å². The molecular formula is C26H30N4O3S2. The molecule has 0 radical (unpaired) electrons. The fourth-order valence-corrected chi connectivity index (χ4v) is 7.50. The Morgan fingerprint density at radius 3 is 2.86 bits per heavy atom. The third-order valence-electron chi connectivity index (χ3n) is 6.78. The third kappa shape index (κ3) is 5.26. The monoisotopic (exact) mass is 510 g/mol. The Balaban J connectivity index is 1.47. The molecule has 35 heavy (non-hydrogen) atoms. The van der Waals surface area contributed by atoms with Gasteiger partial charge < -0.3 is 9.30 Å². The summed E-state index contributed by atoms with van der Waals surface area (Å²) in [6.45, 7) is 4.70. The van der Waals surface area contributed by atoms with Crippen LogP contribution in [-0.4, -0.2) is 48.1 Å². The maximum atomic E-state index is 13.4. The van der Waals surface area contributed by atoms with Crippen LogP contribution < -0.4 is 0 Å². The van der Waals surface area contributed by atoms with Crippen LogP contribution in [0.25, 0.3) is 11.0 Å². The maximum absolute atomic E-state index is 13.4. The summed E-state index contributed by atoms with van der Waals surface area (Å²) in [6, 6.07) is 15.1. The third-order valence-corrected chi connectivity index (χ3v) is 9.69. The van der Waals surface area contributed by atoms with Crippen LogP contribution in [0.4, 0.5) is 0 Å². The van der Waals surface area contributed by atoms with Crippen LogP contribution in [-0.2, 0) is 27.1 Å². The summed E-state index contributed by atoms with van der Waals surface area (Å²) < 4.78 is 36.4. The minimum Gasteiger partial charge on any atom is -0.376 e. The summed E-state index contributed by atoms with van der Waals surface area (Å²) in [6.07, 6.45) is 4.15. The zero-order chi connectivity index (χ0) is 24.4. The molecule has 0 amide bonds. The number of sulfonamides is 1. The molecule has 1 aromatic heterocycles. The number of ether oxygens (including phenoxy) is 1. The van der Waals surface area contributed by atoms with Crippen molar-refractivity contribution in [1.82, 2.24) is 13.9 Å². The molecule has 9 heteroatoms. The van der Waals surface area contributed by atoms with Gasteiger partial charge in [0.2, 0.25) is 10.0 Å². The number of nitriles is 1. The second-order valence-corrected chi connectivity index (χ2v) is 12.4. The van der Waals surface area contributed by atoms with Crippen LogP contribution >= 0.6 is 11.8 Å². The Kier molecular flexibility index (Phi) is 7.17. The van der Waals surface area contributed by atoms with Crippen molar-refractivity contribution in [3.05, 3.63) is 53.6 Å². The molecule has 0 bridgehead atoms. The van der Waals surface area contributed by atoms with Gasteiger partial charge >= 0.3 is 0 Å². The number of nitrogens with zero attached hydrogens (tertiary/aromatic N) is 4. The lowest BCUT2D eigenvalue weighted by atomic mass is 10.0. The van der Waals surface area contributed by atoms with Crippen LogP contribution in [0, 0.1) is 17.2 Å². The van der Waals surface area contributed by atoms with E-state index >= 15 is 0 Å². The van der Waals surface area contributed by atoms with E-state index in [1.165, 1.54) is 0 Å². The van der Waals surface area contributed by atoms with E-state index in [2.05, 4.69) is 17.6 Å². The Morgan fingerprint density at radius 2 is 2.09 bits per heavy atom. The average molecular weight is 511 g/mol. The molecule has 0 spiro atoms. The molecule has 7 nitrogen and oxygen atoms in total. The molecule has 2 atom stereocenters. The second-order valence-electron chi connectivity index (χ2n) is 9.50. The van der Waals surface area contributed by atoms with E-state index in [1.54, 1.807) is 34.3 Å². The molecule has 0 aliphatic carbocycles. The highest BCUT2D eigenvalue weighted by Crippen LogP contribution is 2.31. The Morgan fingerprint density at radius 1 is 1.20 bits per heavy atom. The molecule has 0 unspecified atom stereocenters. The first-order valence-corrected chi connectivity index (χ1v) is 14.6. The van der Waals surface area contributed by atoms with Crippen molar-refractivity contribution < 1.29 is 13.2 Å². The fourth-order valence-electron chi connectivity index (χ4n) is 4.92. The average Bonchev–Trinajstić information content (AvgIpc) is 3.51. The van der Waals surface area contributed by atoms with Gasteiger partial charge in [0.25, 0.3) is 0 Å². The van der Waals surface area contributed by atoms with E-state index in [0.717, 1.165) is 48.5 Å². The lowest BCUT2D eigenvalue weighted by Gasteiger charge is -2.30. The van der Waals surface area contributed by atoms with Gasteiger partial charge in [0.05, 0.1) is 40.2 Å². The summed E-state index contributed by atoms with van der Waals surface area (Å²) in [5.41, 5.74) is 3.28. The predicted molar refractivity (Wildman–Crippen MR) is 137 cm³/mol. The number of aromatic nitrogens is 2. The van der Waals surface area contributed by atoms with E-state index in [9.17, 15) is 13.7 Å². The summed E-state index contributed by atoms with van der Waals surface area (Å²) in [7, 11) is -3.55. The van der Waals surface area contributed by atoms with Gasteiger partial charge in [-0.15, -0.1) is 0 Å². The van der Waals surface area contributed by atoms with Crippen molar-refractivity contribution in [3.63, 3.8) is 0 Å². The first-order chi connectivity index (χ1) is 16.9. The summed E-state index contributed by atoms with van der Waals surface area (Å²) in [4.78, 5) is 5.17. The van der Waals surface area contributed by atoms with Crippen LogP contribution in [0.1, 0.15) is 43.7 Å². The molecule has 2 fully saturated rings. The number of hydrogen-bond donors (Lipinski definition) is 0. The lowest BCUT2D eigenvalue weighted by Crippen LogP contribution is -2.39.